The third-order valence-electron chi connectivity index (χ3n) is 4.76. The van der Waals surface area contributed by atoms with E-state index in [1.807, 2.05) is 12.1 Å². The van der Waals surface area contributed by atoms with Crippen LogP contribution in [0.3, 0.4) is 0 Å². The molecule has 1 aliphatic rings. The Kier molecular flexibility index (Phi) is 5.89. The van der Waals surface area contributed by atoms with Crippen molar-refractivity contribution in [3.05, 3.63) is 71.8 Å². The van der Waals surface area contributed by atoms with Gasteiger partial charge in [-0.2, -0.15) is 0 Å². The van der Waals surface area contributed by atoms with Crippen molar-refractivity contribution in [2.75, 3.05) is 6.54 Å². The van der Waals surface area contributed by atoms with E-state index in [1.54, 1.807) is 0 Å². The zero-order valence-corrected chi connectivity index (χ0v) is 14.1. The summed E-state index contributed by atoms with van der Waals surface area (Å²) in [5, 5.41) is 6.05. The zero-order valence-electron chi connectivity index (χ0n) is 14.1. The van der Waals surface area contributed by atoms with Crippen LogP contribution in [-0.4, -0.2) is 18.6 Å². The lowest BCUT2D eigenvalue weighted by Crippen LogP contribution is -2.47. The summed E-state index contributed by atoms with van der Waals surface area (Å²) in [6.07, 6.45) is 5.28. The molecule has 1 saturated carbocycles. The minimum Gasteiger partial charge on any atom is -0.338 e. The van der Waals surface area contributed by atoms with Gasteiger partial charge in [-0.3, -0.25) is 0 Å². The lowest BCUT2D eigenvalue weighted by atomic mass is 9.76. The van der Waals surface area contributed by atoms with Crippen LogP contribution < -0.4 is 10.6 Å². The fraction of sp³-hybridized carbons (Fsp3) is 0.381. The molecule has 0 radical (unpaired) electrons. The molecule has 0 spiro atoms. The number of unbranched alkanes of at least 4 members (excludes halogenated alkanes) is 1. The van der Waals surface area contributed by atoms with Crippen molar-refractivity contribution in [3.8, 4) is 0 Å². The minimum absolute atomic E-state index is 0.0220. The summed E-state index contributed by atoms with van der Waals surface area (Å²) >= 11 is 0. The van der Waals surface area contributed by atoms with Crippen LogP contribution in [0.1, 0.15) is 42.7 Å². The molecular weight excluding hydrogens is 296 g/mol. The molecule has 3 rings (SSSR count). The molecule has 0 atom stereocenters. The van der Waals surface area contributed by atoms with Crippen LogP contribution in [0.2, 0.25) is 0 Å². The van der Waals surface area contributed by atoms with E-state index in [2.05, 4.69) is 59.2 Å². The second-order valence-electron chi connectivity index (χ2n) is 6.62. The first-order chi connectivity index (χ1) is 11.8. The highest BCUT2D eigenvalue weighted by molar-refractivity contribution is 5.74. The van der Waals surface area contributed by atoms with Gasteiger partial charge in [0.15, 0.2) is 0 Å². The fourth-order valence-electron chi connectivity index (χ4n) is 3.27. The van der Waals surface area contributed by atoms with Crippen LogP contribution in [0, 0.1) is 0 Å². The average Bonchev–Trinajstić information content (AvgIpc) is 2.59. The lowest BCUT2D eigenvalue weighted by molar-refractivity contribution is 0.222. The van der Waals surface area contributed by atoms with Gasteiger partial charge in [-0.15, -0.1) is 0 Å². The summed E-state index contributed by atoms with van der Waals surface area (Å²) in [5.41, 5.74) is 2.75. The maximum atomic E-state index is 11.9. The smallest absolute Gasteiger partial charge is 0.315 e. The van der Waals surface area contributed by atoms with Crippen LogP contribution in [0.4, 0.5) is 4.79 Å². The number of aryl methyl sites for hydroxylation is 1. The zero-order chi connectivity index (χ0) is 16.6. The molecule has 0 heterocycles. The van der Waals surface area contributed by atoms with Gasteiger partial charge in [0.05, 0.1) is 0 Å². The van der Waals surface area contributed by atoms with E-state index in [-0.39, 0.29) is 6.03 Å². The van der Waals surface area contributed by atoms with Gasteiger partial charge in [-0.25, -0.2) is 4.79 Å². The van der Waals surface area contributed by atoms with E-state index < -0.39 is 0 Å². The Balaban J connectivity index is 1.25. The van der Waals surface area contributed by atoms with Crippen molar-refractivity contribution in [1.29, 1.82) is 0 Å². The molecule has 1 aliphatic carbocycles. The number of hydrogen-bond acceptors (Lipinski definition) is 1. The maximum absolute atomic E-state index is 11.9. The van der Waals surface area contributed by atoms with Crippen LogP contribution >= 0.6 is 0 Å². The average molecular weight is 322 g/mol. The maximum Gasteiger partial charge on any atom is 0.315 e. The standard InChI is InChI=1S/C21H26N2O/c24-21(22-14-8-7-11-17-9-3-1-4-10-17)23-20-15-19(16-20)18-12-5-2-6-13-18/h1-6,9-10,12-13,19-20H,7-8,11,14-16H2,(H2,22,23,24). The Morgan fingerprint density at radius 1 is 0.917 bits per heavy atom. The van der Waals surface area contributed by atoms with Gasteiger partial charge >= 0.3 is 6.03 Å². The van der Waals surface area contributed by atoms with E-state index >= 15 is 0 Å². The van der Waals surface area contributed by atoms with Crippen molar-refractivity contribution in [3.63, 3.8) is 0 Å². The Bertz CT molecular complexity index is 621. The second kappa shape index (κ2) is 8.53. The number of hydrogen-bond donors (Lipinski definition) is 2. The molecule has 2 aromatic rings. The summed E-state index contributed by atoms with van der Waals surface area (Å²) in [4.78, 5) is 11.9. The topological polar surface area (TPSA) is 41.1 Å². The molecule has 1 fully saturated rings. The normalized spacial score (nSPS) is 19.3. The first-order valence-electron chi connectivity index (χ1n) is 8.94. The summed E-state index contributed by atoms with van der Waals surface area (Å²) in [6, 6.07) is 21.3. The van der Waals surface area contributed by atoms with Crippen molar-refractivity contribution >= 4 is 6.03 Å². The monoisotopic (exact) mass is 322 g/mol. The number of rotatable bonds is 7. The van der Waals surface area contributed by atoms with E-state index in [1.165, 1.54) is 11.1 Å². The van der Waals surface area contributed by atoms with Gasteiger partial charge in [0, 0.05) is 12.6 Å². The number of carbonyl (C=O) groups excluding carboxylic acids is 1. The summed E-state index contributed by atoms with van der Waals surface area (Å²) in [6.45, 7) is 0.744. The summed E-state index contributed by atoms with van der Waals surface area (Å²) in [5.74, 6) is 0.599. The molecule has 3 nitrogen and oxygen atoms in total. The van der Waals surface area contributed by atoms with E-state index in [0.29, 0.717) is 12.0 Å². The van der Waals surface area contributed by atoms with Crippen LogP contribution in [0.15, 0.2) is 60.7 Å². The third-order valence-corrected chi connectivity index (χ3v) is 4.76. The van der Waals surface area contributed by atoms with Gasteiger partial charge < -0.3 is 10.6 Å². The quantitative estimate of drug-likeness (QED) is 0.735. The second-order valence-corrected chi connectivity index (χ2v) is 6.62. The highest BCUT2D eigenvalue weighted by Gasteiger charge is 2.30. The molecule has 2 amide bonds. The lowest BCUT2D eigenvalue weighted by Gasteiger charge is -2.36. The molecule has 24 heavy (non-hydrogen) atoms. The Morgan fingerprint density at radius 2 is 1.58 bits per heavy atom. The first-order valence-corrected chi connectivity index (χ1v) is 8.94. The van der Waals surface area contributed by atoms with Crippen molar-refractivity contribution in [2.24, 2.45) is 0 Å². The Labute approximate surface area is 144 Å². The van der Waals surface area contributed by atoms with Gasteiger partial charge in [0.2, 0.25) is 0 Å². The van der Waals surface area contributed by atoms with Gasteiger partial charge in [-0.1, -0.05) is 60.7 Å². The number of urea groups is 1. The Morgan fingerprint density at radius 3 is 2.29 bits per heavy atom. The van der Waals surface area contributed by atoms with Gasteiger partial charge in [-0.05, 0) is 49.1 Å². The molecule has 126 valence electrons. The summed E-state index contributed by atoms with van der Waals surface area (Å²) < 4.78 is 0. The molecule has 2 N–H and O–H groups in total. The molecule has 0 aromatic heterocycles. The van der Waals surface area contributed by atoms with Crippen LogP contribution in [0.5, 0.6) is 0 Å². The van der Waals surface area contributed by atoms with E-state index in [9.17, 15) is 4.79 Å². The third kappa shape index (κ3) is 4.85. The minimum atomic E-state index is -0.0220. The van der Waals surface area contributed by atoms with Crippen LogP contribution in [-0.2, 0) is 6.42 Å². The summed E-state index contributed by atoms with van der Waals surface area (Å²) in [7, 11) is 0. The number of nitrogens with one attached hydrogen (secondary N) is 2. The molecule has 0 unspecified atom stereocenters. The number of amides is 2. The molecular formula is C21H26N2O. The SMILES string of the molecule is O=C(NCCCCc1ccccc1)NC1CC(c2ccccc2)C1. The Hall–Kier alpha value is -2.29. The predicted octanol–water partition coefficient (Wildman–Crippen LogP) is 4.25. The molecule has 0 bridgehead atoms. The van der Waals surface area contributed by atoms with E-state index in [0.717, 1.165) is 38.6 Å². The van der Waals surface area contributed by atoms with Crippen molar-refractivity contribution in [1.82, 2.24) is 10.6 Å². The van der Waals surface area contributed by atoms with Gasteiger partial charge in [0.1, 0.15) is 0 Å². The molecule has 3 heteroatoms. The predicted molar refractivity (Wildman–Crippen MR) is 98.1 cm³/mol. The highest BCUT2D eigenvalue weighted by atomic mass is 16.2. The number of carbonyl (C=O) groups is 1. The number of benzene rings is 2. The van der Waals surface area contributed by atoms with Gasteiger partial charge in [0.25, 0.3) is 0 Å². The molecule has 0 aliphatic heterocycles. The first kappa shape index (κ1) is 16.6. The molecule has 0 saturated heterocycles. The molecule has 2 aromatic carbocycles. The van der Waals surface area contributed by atoms with Crippen LogP contribution in [0.25, 0.3) is 0 Å². The highest BCUT2D eigenvalue weighted by Crippen LogP contribution is 2.36. The largest absolute Gasteiger partial charge is 0.338 e. The van der Waals surface area contributed by atoms with Crippen molar-refractivity contribution < 1.29 is 4.79 Å². The fourth-order valence-corrected chi connectivity index (χ4v) is 3.27. The van der Waals surface area contributed by atoms with Crippen molar-refractivity contribution in [2.45, 2.75) is 44.1 Å². The van der Waals surface area contributed by atoms with E-state index in [4.69, 9.17) is 0 Å².